The smallest absolute Gasteiger partial charge is 0.255 e. The van der Waals surface area contributed by atoms with Gasteiger partial charge in [-0.05, 0) is 48.0 Å². The zero-order chi connectivity index (χ0) is 12.3. The maximum absolute atomic E-state index is 12.4. The van der Waals surface area contributed by atoms with Gasteiger partial charge in [0.2, 0.25) is 0 Å². The summed E-state index contributed by atoms with van der Waals surface area (Å²) in [6.07, 6.45) is 2.19. The zero-order valence-corrected chi connectivity index (χ0v) is 11.5. The summed E-state index contributed by atoms with van der Waals surface area (Å²) >= 11 is 3.44. The standard InChI is InChI=1S/C13H17BrN2O/c1-15-9-10-5-4-8-16(10)13(17)11-6-2-3-7-12(11)14/h2-3,6-7,10,15H,4-5,8-9H2,1H3. The second-order valence-electron chi connectivity index (χ2n) is 4.33. The van der Waals surface area contributed by atoms with Crippen LogP contribution in [0.15, 0.2) is 28.7 Å². The lowest BCUT2D eigenvalue weighted by molar-refractivity contribution is 0.0736. The summed E-state index contributed by atoms with van der Waals surface area (Å²) in [4.78, 5) is 14.4. The molecule has 1 aliphatic rings. The van der Waals surface area contributed by atoms with Crippen LogP contribution in [-0.4, -0.2) is 37.0 Å². The molecule has 0 aromatic heterocycles. The van der Waals surface area contributed by atoms with Crippen molar-refractivity contribution < 1.29 is 4.79 Å². The van der Waals surface area contributed by atoms with E-state index in [9.17, 15) is 4.79 Å². The van der Waals surface area contributed by atoms with E-state index in [0.717, 1.165) is 36.0 Å². The lowest BCUT2D eigenvalue weighted by Crippen LogP contribution is -2.40. The number of amides is 1. The fourth-order valence-corrected chi connectivity index (χ4v) is 2.79. The van der Waals surface area contributed by atoms with E-state index < -0.39 is 0 Å². The molecule has 1 aromatic rings. The molecule has 1 saturated heterocycles. The minimum Gasteiger partial charge on any atom is -0.334 e. The number of carbonyl (C=O) groups is 1. The second-order valence-corrected chi connectivity index (χ2v) is 5.19. The van der Waals surface area contributed by atoms with Crippen LogP contribution in [-0.2, 0) is 0 Å². The molecule has 92 valence electrons. The van der Waals surface area contributed by atoms with Crippen molar-refractivity contribution in [3.63, 3.8) is 0 Å². The van der Waals surface area contributed by atoms with Gasteiger partial charge in [-0.25, -0.2) is 0 Å². The zero-order valence-electron chi connectivity index (χ0n) is 9.95. The number of halogens is 1. The van der Waals surface area contributed by atoms with Crippen LogP contribution >= 0.6 is 15.9 Å². The summed E-state index contributed by atoms with van der Waals surface area (Å²) in [5, 5.41) is 3.15. The quantitative estimate of drug-likeness (QED) is 0.928. The van der Waals surface area contributed by atoms with Gasteiger partial charge in [-0.2, -0.15) is 0 Å². The van der Waals surface area contributed by atoms with Crippen molar-refractivity contribution in [1.82, 2.24) is 10.2 Å². The first-order valence-electron chi connectivity index (χ1n) is 5.94. The SMILES string of the molecule is CNCC1CCCN1C(=O)c1ccccc1Br. The number of rotatable bonds is 3. The Hall–Kier alpha value is -0.870. The second kappa shape index (κ2) is 5.65. The van der Waals surface area contributed by atoms with E-state index in [0.29, 0.717) is 6.04 Å². The van der Waals surface area contributed by atoms with Crippen molar-refractivity contribution in [2.45, 2.75) is 18.9 Å². The highest BCUT2D eigenvalue weighted by molar-refractivity contribution is 9.10. The van der Waals surface area contributed by atoms with E-state index in [1.807, 2.05) is 36.2 Å². The van der Waals surface area contributed by atoms with Gasteiger partial charge < -0.3 is 10.2 Å². The third-order valence-corrected chi connectivity index (χ3v) is 3.87. The van der Waals surface area contributed by atoms with E-state index in [2.05, 4.69) is 21.2 Å². The highest BCUT2D eigenvalue weighted by atomic mass is 79.9. The molecule has 0 saturated carbocycles. The van der Waals surface area contributed by atoms with Gasteiger partial charge in [0.25, 0.3) is 5.91 Å². The highest BCUT2D eigenvalue weighted by Gasteiger charge is 2.29. The molecule has 1 aliphatic heterocycles. The Morgan fingerprint density at radius 3 is 3.00 bits per heavy atom. The van der Waals surface area contributed by atoms with E-state index >= 15 is 0 Å². The maximum atomic E-state index is 12.4. The summed E-state index contributed by atoms with van der Waals surface area (Å²) in [6, 6.07) is 7.95. The molecule has 1 fully saturated rings. The fraction of sp³-hybridized carbons (Fsp3) is 0.462. The molecule has 1 amide bonds. The minimum atomic E-state index is 0.134. The molecule has 0 spiro atoms. The molecular formula is C13H17BrN2O. The fourth-order valence-electron chi connectivity index (χ4n) is 2.34. The molecule has 1 atom stereocenters. The number of carbonyl (C=O) groups excluding carboxylic acids is 1. The first-order valence-corrected chi connectivity index (χ1v) is 6.73. The summed E-state index contributed by atoms with van der Waals surface area (Å²) < 4.78 is 0.875. The van der Waals surface area contributed by atoms with Gasteiger partial charge in [0.15, 0.2) is 0 Å². The molecule has 1 heterocycles. The molecule has 1 unspecified atom stereocenters. The van der Waals surface area contributed by atoms with Crippen molar-refractivity contribution in [1.29, 1.82) is 0 Å². The predicted octanol–water partition coefficient (Wildman–Crippen LogP) is 2.27. The van der Waals surface area contributed by atoms with Gasteiger partial charge in [-0.15, -0.1) is 0 Å². The molecule has 1 aromatic carbocycles. The van der Waals surface area contributed by atoms with Crippen molar-refractivity contribution in [2.75, 3.05) is 20.1 Å². The highest BCUT2D eigenvalue weighted by Crippen LogP contribution is 2.23. The average molecular weight is 297 g/mol. The van der Waals surface area contributed by atoms with Crippen molar-refractivity contribution in [3.05, 3.63) is 34.3 Å². The Bertz CT molecular complexity index is 408. The lowest BCUT2D eigenvalue weighted by Gasteiger charge is -2.25. The Balaban J connectivity index is 2.17. The number of nitrogens with one attached hydrogen (secondary N) is 1. The Morgan fingerprint density at radius 1 is 1.53 bits per heavy atom. The topological polar surface area (TPSA) is 32.3 Å². The Morgan fingerprint density at radius 2 is 2.29 bits per heavy atom. The largest absolute Gasteiger partial charge is 0.334 e. The summed E-state index contributed by atoms with van der Waals surface area (Å²) in [6.45, 7) is 1.74. The summed E-state index contributed by atoms with van der Waals surface area (Å²) in [5.74, 6) is 0.134. The van der Waals surface area contributed by atoms with E-state index in [-0.39, 0.29) is 5.91 Å². The van der Waals surface area contributed by atoms with Crippen molar-refractivity contribution in [2.24, 2.45) is 0 Å². The summed E-state index contributed by atoms with van der Waals surface area (Å²) in [5.41, 5.74) is 0.760. The maximum Gasteiger partial charge on any atom is 0.255 e. The van der Waals surface area contributed by atoms with E-state index in [1.165, 1.54) is 0 Å². The van der Waals surface area contributed by atoms with Crippen LogP contribution in [0.25, 0.3) is 0 Å². The van der Waals surface area contributed by atoms with Gasteiger partial charge in [0.05, 0.1) is 5.56 Å². The van der Waals surface area contributed by atoms with Crippen molar-refractivity contribution >= 4 is 21.8 Å². The van der Waals surface area contributed by atoms with Gasteiger partial charge in [0.1, 0.15) is 0 Å². The third kappa shape index (κ3) is 2.69. The Labute approximate surface area is 110 Å². The number of hydrogen-bond donors (Lipinski definition) is 1. The predicted molar refractivity (Wildman–Crippen MR) is 72.1 cm³/mol. The number of hydrogen-bond acceptors (Lipinski definition) is 2. The van der Waals surface area contributed by atoms with Crippen LogP contribution in [0, 0.1) is 0 Å². The van der Waals surface area contributed by atoms with Crippen LogP contribution in [0.3, 0.4) is 0 Å². The van der Waals surface area contributed by atoms with Crippen LogP contribution in [0.2, 0.25) is 0 Å². The molecular weight excluding hydrogens is 280 g/mol. The lowest BCUT2D eigenvalue weighted by atomic mass is 10.1. The number of likely N-dealkylation sites (tertiary alicyclic amines) is 1. The van der Waals surface area contributed by atoms with Gasteiger partial charge in [-0.3, -0.25) is 4.79 Å². The van der Waals surface area contributed by atoms with Gasteiger partial charge in [0, 0.05) is 23.6 Å². The monoisotopic (exact) mass is 296 g/mol. The summed E-state index contributed by atoms with van der Waals surface area (Å²) in [7, 11) is 1.93. The van der Waals surface area contributed by atoms with Crippen LogP contribution < -0.4 is 5.32 Å². The number of benzene rings is 1. The molecule has 17 heavy (non-hydrogen) atoms. The third-order valence-electron chi connectivity index (χ3n) is 3.18. The minimum absolute atomic E-state index is 0.134. The van der Waals surface area contributed by atoms with Crippen LogP contribution in [0.1, 0.15) is 23.2 Å². The van der Waals surface area contributed by atoms with Crippen molar-refractivity contribution in [3.8, 4) is 0 Å². The van der Waals surface area contributed by atoms with Gasteiger partial charge >= 0.3 is 0 Å². The van der Waals surface area contributed by atoms with Gasteiger partial charge in [-0.1, -0.05) is 12.1 Å². The molecule has 3 nitrogen and oxygen atoms in total. The Kier molecular flexibility index (Phi) is 4.18. The number of nitrogens with zero attached hydrogens (tertiary/aromatic N) is 1. The molecule has 2 rings (SSSR count). The normalized spacial score (nSPS) is 19.6. The van der Waals surface area contributed by atoms with E-state index in [4.69, 9.17) is 0 Å². The van der Waals surface area contributed by atoms with Crippen LogP contribution in [0.5, 0.6) is 0 Å². The average Bonchev–Trinajstić information content (AvgIpc) is 2.78. The molecule has 0 aliphatic carbocycles. The molecule has 4 heteroatoms. The number of likely N-dealkylation sites (N-methyl/N-ethyl adjacent to an activating group) is 1. The van der Waals surface area contributed by atoms with Crippen LogP contribution in [0.4, 0.5) is 0 Å². The first kappa shape index (κ1) is 12.6. The first-order chi connectivity index (χ1) is 8.24. The van der Waals surface area contributed by atoms with E-state index in [1.54, 1.807) is 0 Å². The molecule has 0 radical (unpaired) electrons. The molecule has 1 N–H and O–H groups in total. The molecule has 0 bridgehead atoms.